The lowest BCUT2D eigenvalue weighted by Crippen LogP contribution is -2.17. The molecule has 130 valence electrons. The Balaban J connectivity index is 1.67. The molecule has 1 heterocycles. The Bertz CT molecular complexity index is 980. The molecule has 8 heteroatoms. The van der Waals surface area contributed by atoms with Gasteiger partial charge < -0.3 is 4.42 Å². The number of non-ortho nitro benzene ring substituents is 1. The van der Waals surface area contributed by atoms with Crippen LogP contribution in [0.25, 0.3) is 11.3 Å². The summed E-state index contributed by atoms with van der Waals surface area (Å²) in [5.41, 5.74) is 3.07. The number of amides is 1. The van der Waals surface area contributed by atoms with E-state index in [1.807, 2.05) is 0 Å². The monoisotopic (exact) mass is 353 g/mol. The van der Waals surface area contributed by atoms with Crippen molar-refractivity contribution in [1.82, 2.24) is 5.43 Å². The van der Waals surface area contributed by atoms with Gasteiger partial charge in [0.05, 0.1) is 11.1 Å². The first kappa shape index (κ1) is 17.0. The summed E-state index contributed by atoms with van der Waals surface area (Å²) in [7, 11) is 0. The van der Waals surface area contributed by atoms with Crippen molar-refractivity contribution in [3.8, 4) is 11.3 Å². The lowest BCUT2D eigenvalue weighted by Gasteiger charge is -1.99. The molecule has 3 rings (SSSR count). The SMILES string of the molecule is O=C(NN=Cc1ccc(-c2cccc([N+](=O)[O-])c2)o1)c1ccc(F)cc1. The van der Waals surface area contributed by atoms with Crippen LogP contribution in [0.1, 0.15) is 16.1 Å². The predicted molar refractivity (Wildman–Crippen MR) is 92.3 cm³/mol. The van der Waals surface area contributed by atoms with E-state index in [2.05, 4.69) is 10.5 Å². The number of benzene rings is 2. The van der Waals surface area contributed by atoms with Gasteiger partial charge in [0.2, 0.25) is 0 Å². The van der Waals surface area contributed by atoms with Crippen LogP contribution in [0.3, 0.4) is 0 Å². The molecule has 0 aliphatic heterocycles. The number of furan rings is 1. The van der Waals surface area contributed by atoms with Crippen LogP contribution in [-0.4, -0.2) is 17.0 Å². The number of carbonyl (C=O) groups excluding carboxylic acids is 1. The Morgan fingerprint density at radius 3 is 2.65 bits per heavy atom. The molecule has 0 saturated carbocycles. The van der Waals surface area contributed by atoms with Gasteiger partial charge in [0.25, 0.3) is 11.6 Å². The highest BCUT2D eigenvalue weighted by Crippen LogP contribution is 2.25. The Kier molecular flexibility index (Phi) is 4.84. The Morgan fingerprint density at radius 1 is 1.15 bits per heavy atom. The molecular formula is C18H12FN3O4. The van der Waals surface area contributed by atoms with Crippen molar-refractivity contribution in [2.75, 3.05) is 0 Å². The third kappa shape index (κ3) is 3.99. The number of nitro groups is 1. The minimum absolute atomic E-state index is 0.0410. The standard InChI is InChI=1S/C18H12FN3O4/c19-14-6-4-12(5-7-14)18(23)21-20-11-16-8-9-17(26-16)13-2-1-3-15(10-13)22(24)25/h1-11H,(H,21,23). The van der Waals surface area contributed by atoms with Crippen LogP contribution in [0.5, 0.6) is 0 Å². The summed E-state index contributed by atoms with van der Waals surface area (Å²) in [4.78, 5) is 22.2. The van der Waals surface area contributed by atoms with E-state index in [9.17, 15) is 19.3 Å². The normalized spacial score (nSPS) is 10.8. The zero-order valence-corrected chi connectivity index (χ0v) is 13.3. The van der Waals surface area contributed by atoms with Gasteiger partial charge in [0, 0.05) is 23.3 Å². The average Bonchev–Trinajstić information content (AvgIpc) is 3.11. The fraction of sp³-hybridized carbons (Fsp3) is 0. The third-order valence-corrected chi connectivity index (χ3v) is 3.43. The predicted octanol–water partition coefficient (Wildman–Crippen LogP) is 3.76. The second-order valence-corrected chi connectivity index (χ2v) is 5.22. The first-order valence-electron chi connectivity index (χ1n) is 7.46. The molecule has 1 amide bonds. The number of hydrazone groups is 1. The highest BCUT2D eigenvalue weighted by Gasteiger charge is 2.10. The highest BCUT2D eigenvalue weighted by atomic mass is 19.1. The van der Waals surface area contributed by atoms with E-state index in [4.69, 9.17) is 4.42 Å². The van der Waals surface area contributed by atoms with Crippen LogP contribution < -0.4 is 5.43 Å². The number of halogens is 1. The molecule has 0 unspecified atom stereocenters. The number of hydrogen-bond acceptors (Lipinski definition) is 5. The molecule has 3 aromatic rings. The van der Waals surface area contributed by atoms with Crippen molar-refractivity contribution < 1.29 is 18.5 Å². The molecule has 0 atom stereocenters. The fourth-order valence-corrected chi connectivity index (χ4v) is 2.17. The minimum atomic E-state index is -0.494. The Labute approximate surface area is 146 Å². The summed E-state index contributed by atoms with van der Waals surface area (Å²) in [5, 5.41) is 14.6. The fourth-order valence-electron chi connectivity index (χ4n) is 2.17. The molecule has 0 spiro atoms. The van der Waals surface area contributed by atoms with Gasteiger partial charge in [-0.3, -0.25) is 14.9 Å². The number of nitro benzene ring substituents is 1. The lowest BCUT2D eigenvalue weighted by molar-refractivity contribution is -0.384. The molecule has 0 aliphatic carbocycles. The van der Waals surface area contributed by atoms with Crippen molar-refractivity contribution in [3.63, 3.8) is 0 Å². The van der Waals surface area contributed by atoms with Crippen LogP contribution in [0.15, 0.2) is 70.2 Å². The maximum Gasteiger partial charge on any atom is 0.271 e. The summed E-state index contributed by atoms with van der Waals surface area (Å²) >= 11 is 0. The second-order valence-electron chi connectivity index (χ2n) is 5.22. The van der Waals surface area contributed by atoms with Crippen molar-refractivity contribution >= 4 is 17.8 Å². The molecule has 0 fully saturated rings. The number of nitrogens with zero attached hydrogens (tertiary/aromatic N) is 2. The van der Waals surface area contributed by atoms with E-state index in [1.165, 1.54) is 42.6 Å². The maximum atomic E-state index is 12.8. The van der Waals surface area contributed by atoms with E-state index >= 15 is 0 Å². The minimum Gasteiger partial charge on any atom is -0.455 e. The number of carbonyl (C=O) groups is 1. The molecular weight excluding hydrogens is 341 g/mol. The Hall–Kier alpha value is -3.81. The smallest absolute Gasteiger partial charge is 0.271 e. The summed E-state index contributed by atoms with van der Waals surface area (Å²) < 4.78 is 18.4. The number of rotatable bonds is 5. The van der Waals surface area contributed by atoms with E-state index in [1.54, 1.807) is 24.3 Å². The average molecular weight is 353 g/mol. The van der Waals surface area contributed by atoms with Gasteiger partial charge >= 0.3 is 0 Å². The van der Waals surface area contributed by atoms with E-state index in [0.717, 1.165) is 0 Å². The van der Waals surface area contributed by atoms with E-state index in [-0.39, 0.29) is 11.3 Å². The maximum absolute atomic E-state index is 12.8. The quantitative estimate of drug-likeness (QED) is 0.429. The number of hydrogen-bond donors (Lipinski definition) is 1. The Morgan fingerprint density at radius 2 is 1.92 bits per heavy atom. The summed E-state index contributed by atoms with van der Waals surface area (Å²) in [6, 6.07) is 14.3. The molecule has 7 nitrogen and oxygen atoms in total. The molecule has 0 aliphatic rings. The van der Waals surface area contributed by atoms with Crippen molar-refractivity contribution in [1.29, 1.82) is 0 Å². The summed E-state index contributed by atoms with van der Waals surface area (Å²) in [5.74, 6) is -0.146. The summed E-state index contributed by atoms with van der Waals surface area (Å²) in [6.45, 7) is 0. The van der Waals surface area contributed by atoms with Crippen LogP contribution in [0, 0.1) is 15.9 Å². The largest absolute Gasteiger partial charge is 0.455 e. The van der Waals surface area contributed by atoms with E-state index < -0.39 is 16.6 Å². The van der Waals surface area contributed by atoms with Gasteiger partial charge in [-0.1, -0.05) is 12.1 Å². The van der Waals surface area contributed by atoms with Gasteiger partial charge in [-0.05, 0) is 36.4 Å². The van der Waals surface area contributed by atoms with Gasteiger partial charge in [0.15, 0.2) is 0 Å². The lowest BCUT2D eigenvalue weighted by atomic mass is 10.1. The molecule has 0 saturated heterocycles. The van der Waals surface area contributed by atoms with Crippen molar-refractivity contribution in [3.05, 3.63) is 87.9 Å². The molecule has 26 heavy (non-hydrogen) atoms. The molecule has 1 aromatic heterocycles. The van der Waals surface area contributed by atoms with Crippen molar-refractivity contribution in [2.45, 2.75) is 0 Å². The summed E-state index contributed by atoms with van der Waals surface area (Å²) in [6.07, 6.45) is 1.29. The van der Waals surface area contributed by atoms with Gasteiger partial charge in [-0.2, -0.15) is 5.10 Å². The first-order valence-corrected chi connectivity index (χ1v) is 7.46. The van der Waals surface area contributed by atoms with Crippen LogP contribution in [-0.2, 0) is 0 Å². The zero-order chi connectivity index (χ0) is 18.5. The zero-order valence-electron chi connectivity index (χ0n) is 13.3. The van der Waals surface area contributed by atoms with Crippen LogP contribution >= 0.6 is 0 Å². The van der Waals surface area contributed by atoms with Crippen LogP contribution in [0.4, 0.5) is 10.1 Å². The third-order valence-electron chi connectivity index (χ3n) is 3.43. The van der Waals surface area contributed by atoms with Crippen molar-refractivity contribution in [2.24, 2.45) is 5.10 Å². The first-order chi connectivity index (χ1) is 12.5. The van der Waals surface area contributed by atoms with Gasteiger partial charge in [-0.15, -0.1) is 0 Å². The number of nitrogens with one attached hydrogen (secondary N) is 1. The van der Waals surface area contributed by atoms with E-state index in [0.29, 0.717) is 17.1 Å². The molecule has 0 bridgehead atoms. The van der Waals surface area contributed by atoms with Gasteiger partial charge in [-0.25, -0.2) is 9.82 Å². The van der Waals surface area contributed by atoms with Gasteiger partial charge in [0.1, 0.15) is 17.3 Å². The topological polar surface area (TPSA) is 97.7 Å². The molecule has 0 radical (unpaired) electrons. The second kappa shape index (κ2) is 7.39. The highest BCUT2D eigenvalue weighted by molar-refractivity contribution is 5.94. The molecule has 1 N–H and O–H groups in total. The molecule has 2 aromatic carbocycles. The van der Waals surface area contributed by atoms with Crippen LogP contribution in [0.2, 0.25) is 0 Å².